The highest BCUT2D eigenvalue weighted by atomic mass is 31.1. The summed E-state index contributed by atoms with van der Waals surface area (Å²) in [5.41, 5.74) is 4.50. The van der Waals surface area contributed by atoms with Crippen LogP contribution < -0.4 is 9.83 Å². The number of rotatable bonds is 0. The lowest BCUT2D eigenvalue weighted by atomic mass is 9.83. The molecule has 2 nitrogen and oxygen atoms in total. The molecule has 23 heavy (non-hydrogen) atoms. The molecule has 1 aliphatic rings. The van der Waals surface area contributed by atoms with Gasteiger partial charge >= 0.3 is 0 Å². The fourth-order valence-electron chi connectivity index (χ4n) is 3.07. The van der Waals surface area contributed by atoms with E-state index in [9.17, 15) is 4.57 Å². The van der Waals surface area contributed by atoms with E-state index < -0.39 is 8.03 Å². The molecule has 0 radical (unpaired) electrons. The first kappa shape index (κ1) is 16.3. The molecule has 1 heterocycles. The lowest BCUT2D eigenvalue weighted by Crippen LogP contribution is -2.24. The van der Waals surface area contributed by atoms with E-state index in [1.165, 1.54) is 5.56 Å². The number of fused-ring (bicyclic) bond motifs is 3. The van der Waals surface area contributed by atoms with Crippen LogP contribution in [0.3, 0.4) is 0 Å². The molecule has 2 aromatic rings. The summed E-state index contributed by atoms with van der Waals surface area (Å²) in [4.78, 5) is 0. The Morgan fingerprint density at radius 1 is 0.870 bits per heavy atom. The number of hydrogen-bond acceptors (Lipinski definition) is 2. The third-order valence-corrected chi connectivity index (χ3v) is 5.77. The molecule has 0 fully saturated rings. The minimum absolute atomic E-state index is 0.0613. The number of benzene rings is 2. The van der Waals surface area contributed by atoms with Gasteiger partial charge in [0, 0.05) is 5.56 Å². The van der Waals surface area contributed by atoms with Crippen molar-refractivity contribution in [1.82, 2.24) is 0 Å². The normalized spacial score (nSPS) is 17.2. The van der Waals surface area contributed by atoms with Crippen LogP contribution in [0.25, 0.3) is 11.1 Å². The van der Waals surface area contributed by atoms with E-state index in [2.05, 4.69) is 71.9 Å². The van der Waals surface area contributed by atoms with Gasteiger partial charge in [0.05, 0.1) is 5.30 Å². The Hall–Kier alpha value is -1.53. The fraction of sp³-hybridized carbons (Fsp3) is 0.400. The quantitative estimate of drug-likeness (QED) is 0.602. The van der Waals surface area contributed by atoms with Gasteiger partial charge in [-0.25, -0.2) is 0 Å². The van der Waals surface area contributed by atoms with Gasteiger partial charge in [-0.05, 0) is 39.7 Å². The highest BCUT2D eigenvalue weighted by molar-refractivity contribution is 7.49. The highest BCUT2D eigenvalue weighted by Gasteiger charge is 2.30. The van der Waals surface area contributed by atoms with Gasteiger partial charge in [-0.15, -0.1) is 0 Å². The van der Waals surface area contributed by atoms with E-state index in [0.717, 1.165) is 27.7 Å². The van der Waals surface area contributed by atoms with Crippen molar-refractivity contribution in [2.75, 3.05) is 0 Å². The van der Waals surface area contributed by atoms with Crippen LogP contribution in [0.4, 0.5) is 0 Å². The average molecular weight is 328 g/mol. The molecular formula is C20H25O2P. The summed E-state index contributed by atoms with van der Waals surface area (Å²) in [7, 11) is -2.27. The Bertz CT molecular complexity index is 792. The van der Waals surface area contributed by atoms with E-state index in [1.54, 1.807) is 0 Å². The first-order valence-corrected chi connectivity index (χ1v) is 9.41. The maximum Gasteiger partial charge on any atom is 0.266 e. The van der Waals surface area contributed by atoms with Gasteiger partial charge in [-0.3, -0.25) is 4.57 Å². The molecule has 0 amide bonds. The molecule has 122 valence electrons. The molecule has 0 aliphatic carbocycles. The molecule has 1 atom stereocenters. The van der Waals surface area contributed by atoms with Crippen LogP contribution in [0.5, 0.6) is 5.75 Å². The van der Waals surface area contributed by atoms with Crippen molar-refractivity contribution in [1.29, 1.82) is 0 Å². The van der Waals surface area contributed by atoms with Gasteiger partial charge < -0.3 is 4.52 Å². The molecule has 0 N–H and O–H groups in total. The minimum atomic E-state index is -2.27. The first-order valence-electron chi connectivity index (χ1n) is 8.09. The second kappa shape index (κ2) is 5.24. The first-order chi connectivity index (χ1) is 10.6. The lowest BCUT2D eigenvalue weighted by Gasteiger charge is -2.29. The average Bonchev–Trinajstić information content (AvgIpc) is 2.44. The smallest absolute Gasteiger partial charge is 0.266 e. The van der Waals surface area contributed by atoms with Crippen LogP contribution >= 0.6 is 8.03 Å². The monoisotopic (exact) mass is 328 g/mol. The van der Waals surface area contributed by atoms with Gasteiger partial charge in [0.25, 0.3) is 8.03 Å². The van der Waals surface area contributed by atoms with Crippen LogP contribution in [0, 0.1) is 0 Å². The van der Waals surface area contributed by atoms with Crippen LogP contribution in [-0.2, 0) is 15.4 Å². The van der Waals surface area contributed by atoms with Crippen molar-refractivity contribution in [2.24, 2.45) is 0 Å². The molecule has 1 unspecified atom stereocenters. The Kier molecular flexibility index (Phi) is 3.72. The zero-order valence-electron chi connectivity index (χ0n) is 14.8. The minimum Gasteiger partial charge on any atom is -0.441 e. The highest BCUT2D eigenvalue weighted by Crippen LogP contribution is 2.46. The molecular weight excluding hydrogens is 303 g/mol. The fourth-order valence-corrected chi connectivity index (χ4v) is 4.66. The van der Waals surface area contributed by atoms with Crippen molar-refractivity contribution in [3.63, 3.8) is 0 Å². The Morgan fingerprint density at radius 2 is 1.57 bits per heavy atom. The largest absolute Gasteiger partial charge is 0.441 e. The standard InChI is InChI=1S/C20H25O2P/c1-19(2,3)13-10-11-17-15(12-13)14-8-7-9-16(20(4,5)6)18(14)23(21)22-17/h7-12,23H,1-6H3. The van der Waals surface area contributed by atoms with E-state index >= 15 is 0 Å². The summed E-state index contributed by atoms with van der Waals surface area (Å²) in [6.45, 7) is 13.1. The van der Waals surface area contributed by atoms with Crippen molar-refractivity contribution in [3.8, 4) is 16.9 Å². The van der Waals surface area contributed by atoms with Crippen LogP contribution in [0.15, 0.2) is 36.4 Å². The summed E-state index contributed by atoms with van der Waals surface area (Å²) in [6.07, 6.45) is 0. The Morgan fingerprint density at radius 3 is 2.17 bits per heavy atom. The predicted molar refractivity (Wildman–Crippen MR) is 98.5 cm³/mol. The zero-order chi connectivity index (χ0) is 17.0. The third kappa shape index (κ3) is 2.85. The van der Waals surface area contributed by atoms with Crippen LogP contribution in [0.1, 0.15) is 52.7 Å². The molecule has 0 aromatic heterocycles. The maximum atomic E-state index is 12.8. The van der Waals surface area contributed by atoms with Crippen molar-refractivity contribution in [3.05, 3.63) is 47.5 Å². The molecule has 0 spiro atoms. The number of hydrogen-bond donors (Lipinski definition) is 0. The molecule has 0 saturated carbocycles. The van der Waals surface area contributed by atoms with E-state index in [4.69, 9.17) is 4.52 Å². The molecule has 0 bridgehead atoms. The van der Waals surface area contributed by atoms with Crippen LogP contribution in [-0.4, -0.2) is 0 Å². The predicted octanol–water partition coefficient (Wildman–Crippen LogP) is 5.44. The van der Waals surface area contributed by atoms with E-state index in [1.807, 2.05) is 6.07 Å². The molecule has 3 heteroatoms. The van der Waals surface area contributed by atoms with Gasteiger partial charge in [-0.2, -0.15) is 0 Å². The van der Waals surface area contributed by atoms with Gasteiger partial charge in [0.15, 0.2) is 0 Å². The Balaban J connectivity index is 2.29. The van der Waals surface area contributed by atoms with E-state index in [0.29, 0.717) is 0 Å². The van der Waals surface area contributed by atoms with E-state index in [-0.39, 0.29) is 10.8 Å². The second-order valence-corrected chi connectivity index (χ2v) is 9.61. The maximum absolute atomic E-state index is 12.8. The molecule has 0 saturated heterocycles. The van der Waals surface area contributed by atoms with Gasteiger partial charge in [-0.1, -0.05) is 65.8 Å². The lowest BCUT2D eigenvalue weighted by molar-refractivity contribution is 0.510. The van der Waals surface area contributed by atoms with Crippen molar-refractivity contribution in [2.45, 2.75) is 52.4 Å². The summed E-state index contributed by atoms with van der Waals surface area (Å²) in [5.74, 6) is 0.737. The Labute approximate surface area is 139 Å². The summed E-state index contributed by atoms with van der Waals surface area (Å²) < 4.78 is 18.6. The summed E-state index contributed by atoms with van der Waals surface area (Å²) >= 11 is 0. The zero-order valence-corrected chi connectivity index (χ0v) is 15.8. The molecule has 3 rings (SSSR count). The van der Waals surface area contributed by atoms with Gasteiger partial charge in [0.1, 0.15) is 5.75 Å². The van der Waals surface area contributed by atoms with Crippen molar-refractivity contribution < 1.29 is 9.09 Å². The topological polar surface area (TPSA) is 26.3 Å². The second-order valence-electron chi connectivity index (χ2n) is 8.33. The third-order valence-electron chi connectivity index (χ3n) is 4.42. The molecule has 1 aliphatic heterocycles. The van der Waals surface area contributed by atoms with Gasteiger partial charge in [0.2, 0.25) is 0 Å². The van der Waals surface area contributed by atoms with Crippen molar-refractivity contribution >= 4 is 13.3 Å². The summed E-state index contributed by atoms with van der Waals surface area (Å²) in [6, 6.07) is 12.4. The summed E-state index contributed by atoms with van der Waals surface area (Å²) in [5, 5.41) is 0.892. The molecule has 2 aromatic carbocycles. The SMILES string of the molecule is CC(C)(C)c1ccc2c(c1)-c1cccc(C(C)(C)C)c1[PH](=O)O2. The van der Waals surface area contributed by atoms with Crippen LogP contribution in [0.2, 0.25) is 0 Å².